The van der Waals surface area contributed by atoms with Crippen molar-refractivity contribution < 1.29 is 0 Å². The molecule has 0 aromatic rings. The van der Waals surface area contributed by atoms with Crippen LogP contribution in [0.1, 0.15) is 19.8 Å². The van der Waals surface area contributed by atoms with Gasteiger partial charge in [0, 0.05) is 18.6 Å². The first-order valence-corrected chi connectivity index (χ1v) is 4.10. The Morgan fingerprint density at radius 2 is 2.00 bits per heavy atom. The van der Waals surface area contributed by atoms with Crippen molar-refractivity contribution in [3.05, 3.63) is 0 Å². The van der Waals surface area contributed by atoms with E-state index in [0.29, 0.717) is 0 Å². The van der Waals surface area contributed by atoms with E-state index in [-0.39, 0.29) is 0 Å². The highest BCUT2D eigenvalue weighted by atomic mass is 15.1. The summed E-state index contributed by atoms with van der Waals surface area (Å²) in [5, 5.41) is 3.47. The molecule has 0 saturated carbocycles. The Labute approximate surface area is 63.6 Å². The average Bonchev–Trinajstić information content (AvgIpc) is 1.88. The molecule has 1 aliphatic rings. The lowest BCUT2D eigenvalue weighted by atomic mass is 10.0. The second kappa shape index (κ2) is 3.35. The summed E-state index contributed by atoms with van der Waals surface area (Å²) in [7, 11) is 4.31. The molecule has 0 spiro atoms. The minimum atomic E-state index is 0.733. The number of hydrogen-bond donors (Lipinski definition) is 1. The number of nitrogens with zero attached hydrogens (tertiary/aromatic N) is 1. The van der Waals surface area contributed by atoms with Gasteiger partial charge < -0.3 is 10.2 Å². The predicted octanol–water partition coefficient (Wildman–Crippen LogP) is 0.688. The summed E-state index contributed by atoms with van der Waals surface area (Å²) in [6.07, 6.45) is 2.67. The number of likely N-dealkylation sites (N-methyl/N-ethyl adjacent to an activating group) is 1. The molecule has 1 aliphatic heterocycles. The molecule has 1 N–H and O–H groups in total. The maximum Gasteiger partial charge on any atom is 0.0215 e. The third kappa shape index (κ3) is 1.96. The van der Waals surface area contributed by atoms with Gasteiger partial charge in [-0.15, -0.1) is 0 Å². The van der Waals surface area contributed by atoms with Crippen LogP contribution in [0.2, 0.25) is 0 Å². The first-order valence-electron chi connectivity index (χ1n) is 4.10. The van der Waals surface area contributed by atoms with Gasteiger partial charge in [0.2, 0.25) is 0 Å². The Bertz CT molecular complexity index is 93.4. The van der Waals surface area contributed by atoms with Crippen LogP contribution < -0.4 is 5.32 Å². The molecule has 2 atom stereocenters. The van der Waals surface area contributed by atoms with Gasteiger partial charge in [-0.1, -0.05) is 0 Å². The van der Waals surface area contributed by atoms with Crippen LogP contribution in [0, 0.1) is 0 Å². The molecule has 1 heterocycles. The smallest absolute Gasteiger partial charge is 0.0215 e. The van der Waals surface area contributed by atoms with Gasteiger partial charge in [-0.05, 0) is 33.9 Å². The Balaban J connectivity index is 2.26. The molecule has 2 nitrogen and oxygen atoms in total. The topological polar surface area (TPSA) is 15.3 Å². The summed E-state index contributed by atoms with van der Waals surface area (Å²) in [5.41, 5.74) is 0. The molecule has 0 unspecified atom stereocenters. The monoisotopic (exact) mass is 142 g/mol. The molecular formula is C8H18N2. The normalized spacial score (nSPS) is 34.8. The van der Waals surface area contributed by atoms with Crippen molar-refractivity contribution in [2.24, 2.45) is 0 Å². The third-order valence-corrected chi connectivity index (χ3v) is 2.37. The van der Waals surface area contributed by atoms with Gasteiger partial charge in [0.15, 0.2) is 0 Å². The summed E-state index contributed by atoms with van der Waals surface area (Å²) in [5.74, 6) is 0. The fourth-order valence-corrected chi connectivity index (χ4v) is 1.42. The lowest BCUT2D eigenvalue weighted by Gasteiger charge is -2.31. The molecule has 0 amide bonds. The van der Waals surface area contributed by atoms with E-state index >= 15 is 0 Å². The SMILES string of the molecule is C[C@H]1CC[C@@H](N(C)C)CN1. The van der Waals surface area contributed by atoms with E-state index in [0.717, 1.165) is 18.6 Å². The second-order valence-electron chi connectivity index (χ2n) is 3.50. The van der Waals surface area contributed by atoms with Crippen LogP contribution in [0.3, 0.4) is 0 Å². The van der Waals surface area contributed by atoms with Gasteiger partial charge in [-0.25, -0.2) is 0 Å². The summed E-state index contributed by atoms with van der Waals surface area (Å²) >= 11 is 0. The van der Waals surface area contributed by atoms with Crippen LogP contribution in [-0.2, 0) is 0 Å². The largest absolute Gasteiger partial charge is 0.313 e. The van der Waals surface area contributed by atoms with E-state index in [4.69, 9.17) is 0 Å². The molecule has 1 rings (SSSR count). The third-order valence-electron chi connectivity index (χ3n) is 2.37. The zero-order valence-corrected chi connectivity index (χ0v) is 7.22. The quantitative estimate of drug-likeness (QED) is 0.579. The Hall–Kier alpha value is -0.0800. The molecule has 0 aromatic heterocycles. The van der Waals surface area contributed by atoms with E-state index in [1.54, 1.807) is 0 Å². The molecule has 0 aromatic carbocycles. The van der Waals surface area contributed by atoms with Crippen molar-refractivity contribution >= 4 is 0 Å². The summed E-state index contributed by atoms with van der Waals surface area (Å²) in [4.78, 5) is 2.30. The lowest BCUT2D eigenvalue weighted by molar-refractivity contribution is 0.221. The molecule has 10 heavy (non-hydrogen) atoms. The van der Waals surface area contributed by atoms with Crippen molar-refractivity contribution in [2.45, 2.75) is 31.8 Å². The average molecular weight is 142 g/mol. The molecule has 0 radical (unpaired) electrons. The second-order valence-corrected chi connectivity index (χ2v) is 3.50. The van der Waals surface area contributed by atoms with E-state index < -0.39 is 0 Å². The molecule has 2 heteroatoms. The Morgan fingerprint density at radius 3 is 2.40 bits per heavy atom. The van der Waals surface area contributed by atoms with Crippen molar-refractivity contribution in [3.8, 4) is 0 Å². The highest BCUT2D eigenvalue weighted by Gasteiger charge is 2.18. The molecule has 1 saturated heterocycles. The van der Waals surface area contributed by atoms with E-state index in [1.807, 2.05) is 0 Å². The summed E-state index contributed by atoms with van der Waals surface area (Å²) < 4.78 is 0. The van der Waals surface area contributed by atoms with E-state index in [1.165, 1.54) is 12.8 Å². The molecule has 0 aliphatic carbocycles. The predicted molar refractivity (Wildman–Crippen MR) is 44.2 cm³/mol. The van der Waals surface area contributed by atoms with Gasteiger partial charge in [-0.2, -0.15) is 0 Å². The van der Waals surface area contributed by atoms with Crippen LogP contribution >= 0.6 is 0 Å². The van der Waals surface area contributed by atoms with Gasteiger partial charge in [0.25, 0.3) is 0 Å². The number of nitrogens with one attached hydrogen (secondary N) is 1. The maximum absolute atomic E-state index is 3.47. The van der Waals surface area contributed by atoms with Crippen LogP contribution in [0.15, 0.2) is 0 Å². The van der Waals surface area contributed by atoms with Crippen LogP contribution in [-0.4, -0.2) is 37.6 Å². The van der Waals surface area contributed by atoms with E-state index in [9.17, 15) is 0 Å². The molecule has 1 fully saturated rings. The fourth-order valence-electron chi connectivity index (χ4n) is 1.42. The fraction of sp³-hybridized carbons (Fsp3) is 1.00. The zero-order chi connectivity index (χ0) is 7.56. The van der Waals surface area contributed by atoms with Crippen molar-refractivity contribution in [1.29, 1.82) is 0 Å². The lowest BCUT2D eigenvalue weighted by Crippen LogP contribution is -2.46. The van der Waals surface area contributed by atoms with Crippen molar-refractivity contribution in [2.75, 3.05) is 20.6 Å². The molecule has 60 valence electrons. The maximum atomic E-state index is 3.47. The van der Waals surface area contributed by atoms with Crippen LogP contribution in [0.25, 0.3) is 0 Å². The highest BCUT2D eigenvalue weighted by molar-refractivity contribution is 4.78. The van der Waals surface area contributed by atoms with Crippen LogP contribution in [0.4, 0.5) is 0 Å². The number of hydrogen-bond acceptors (Lipinski definition) is 2. The van der Waals surface area contributed by atoms with Gasteiger partial charge in [-0.3, -0.25) is 0 Å². The molecular weight excluding hydrogens is 124 g/mol. The van der Waals surface area contributed by atoms with Gasteiger partial charge >= 0.3 is 0 Å². The van der Waals surface area contributed by atoms with Crippen LogP contribution in [0.5, 0.6) is 0 Å². The first kappa shape index (κ1) is 8.02. The summed E-state index contributed by atoms with van der Waals surface area (Å²) in [6, 6.07) is 1.49. The zero-order valence-electron chi connectivity index (χ0n) is 7.22. The van der Waals surface area contributed by atoms with Crippen molar-refractivity contribution in [1.82, 2.24) is 10.2 Å². The highest BCUT2D eigenvalue weighted by Crippen LogP contribution is 2.10. The van der Waals surface area contributed by atoms with E-state index in [2.05, 4.69) is 31.2 Å². The number of rotatable bonds is 1. The Morgan fingerprint density at radius 1 is 1.30 bits per heavy atom. The van der Waals surface area contributed by atoms with Gasteiger partial charge in [0.1, 0.15) is 0 Å². The summed E-state index contributed by atoms with van der Waals surface area (Å²) in [6.45, 7) is 3.42. The first-order chi connectivity index (χ1) is 4.70. The minimum Gasteiger partial charge on any atom is -0.313 e. The standard InChI is InChI=1S/C8H18N2/c1-7-4-5-8(6-9-7)10(2)3/h7-9H,4-6H2,1-3H3/t7-,8+/m0/s1. The molecule has 0 bridgehead atoms. The Kier molecular flexibility index (Phi) is 2.69. The minimum absolute atomic E-state index is 0.733. The van der Waals surface area contributed by atoms with Crippen molar-refractivity contribution in [3.63, 3.8) is 0 Å². The number of piperidine rings is 1. The van der Waals surface area contributed by atoms with Gasteiger partial charge in [0.05, 0.1) is 0 Å².